The van der Waals surface area contributed by atoms with Crippen molar-refractivity contribution in [2.45, 2.75) is 44.9 Å². The number of carbonyl (C=O) groups is 1. The van der Waals surface area contributed by atoms with Crippen LogP contribution < -0.4 is 0 Å². The highest BCUT2D eigenvalue weighted by Crippen LogP contribution is 2.28. The Balaban J connectivity index is 1.35. The summed E-state index contributed by atoms with van der Waals surface area (Å²) in [5, 5.41) is 4.03. The number of amides is 1. The summed E-state index contributed by atoms with van der Waals surface area (Å²) in [4.78, 5) is 23.3. The summed E-state index contributed by atoms with van der Waals surface area (Å²) >= 11 is 0. The minimum atomic E-state index is 0.0448. The molecule has 0 N–H and O–H groups in total. The zero-order valence-corrected chi connectivity index (χ0v) is 15.0. The van der Waals surface area contributed by atoms with E-state index in [0.29, 0.717) is 30.5 Å². The molecule has 0 unspecified atom stereocenters. The predicted molar refractivity (Wildman–Crippen MR) is 94.7 cm³/mol. The fraction of sp³-hybridized carbons (Fsp3) is 0.474. The molecule has 4 rings (SSSR count). The van der Waals surface area contributed by atoms with Crippen LogP contribution in [0.1, 0.15) is 56.1 Å². The van der Waals surface area contributed by atoms with Gasteiger partial charge in [0.25, 0.3) is 0 Å². The highest BCUT2D eigenvalue weighted by molar-refractivity contribution is 5.79. The third-order valence-corrected chi connectivity index (χ3v) is 4.81. The first-order valence-electron chi connectivity index (χ1n) is 9.06. The van der Waals surface area contributed by atoms with Gasteiger partial charge in [0.15, 0.2) is 11.4 Å². The van der Waals surface area contributed by atoms with Crippen molar-refractivity contribution in [3.05, 3.63) is 41.9 Å². The van der Waals surface area contributed by atoms with Crippen LogP contribution in [0, 0.1) is 0 Å². The lowest BCUT2D eigenvalue weighted by molar-refractivity contribution is -0.131. The van der Waals surface area contributed by atoms with Gasteiger partial charge in [0.2, 0.25) is 17.7 Å². The summed E-state index contributed by atoms with van der Waals surface area (Å²) in [5.41, 5.74) is 1.50. The Bertz CT molecular complexity index is 873. The van der Waals surface area contributed by atoms with Crippen molar-refractivity contribution >= 4 is 17.0 Å². The normalized spacial score (nSPS) is 15.9. The lowest BCUT2D eigenvalue weighted by atomic mass is 9.96. The van der Waals surface area contributed by atoms with Gasteiger partial charge < -0.3 is 13.8 Å². The molecule has 0 atom stereocenters. The zero-order valence-electron chi connectivity index (χ0n) is 15.0. The van der Waals surface area contributed by atoms with Crippen molar-refractivity contribution in [2.24, 2.45) is 0 Å². The molecule has 3 aromatic rings. The maximum Gasteiger partial charge on any atom is 0.231 e. The molecule has 7 heteroatoms. The van der Waals surface area contributed by atoms with E-state index in [1.807, 2.05) is 43.0 Å². The monoisotopic (exact) mass is 354 g/mol. The Kier molecular flexibility index (Phi) is 4.44. The molecule has 1 saturated heterocycles. The Morgan fingerprint density at radius 1 is 1.23 bits per heavy atom. The van der Waals surface area contributed by atoms with Crippen LogP contribution in [-0.2, 0) is 11.2 Å². The van der Waals surface area contributed by atoms with Gasteiger partial charge in [0.1, 0.15) is 11.9 Å². The van der Waals surface area contributed by atoms with Crippen molar-refractivity contribution in [1.82, 2.24) is 20.0 Å². The topological polar surface area (TPSA) is 85.3 Å². The summed E-state index contributed by atoms with van der Waals surface area (Å²) in [7, 11) is 0. The number of benzene rings is 1. The van der Waals surface area contributed by atoms with E-state index < -0.39 is 0 Å². The first-order chi connectivity index (χ1) is 12.6. The van der Waals surface area contributed by atoms with Crippen molar-refractivity contribution in [1.29, 1.82) is 0 Å². The summed E-state index contributed by atoms with van der Waals surface area (Å²) in [5.74, 6) is 2.43. The second-order valence-electron chi connectivity index (χ2n) is 7.05. The molecule has 136 valence electrons. The van der Waals surface area contributed by atoms with Crippen molar-refractivity contribution in [3.63, 3.8) is 0 Å². The zero-order chi connectivity index (χ0) is 18.1. The van der Waals surface area contributed by atoms with E-state index in [1.165, 1.54) is 0 Å². The average molecular weight is 354 g/mol. The van der Waals surface area contributed by atoms with Gasteiger partial charge in [-0.3, -0.25) is 4.79 Å². The van der Waals surface area contributed by atoms with Crippen LogP contribution >= 0.6 is 0 Å². The van der Waals surface area contributed by atoms with Crippen LogP contribution in [0.15, 0.2) is 33.2 Å². The largest absolute Gasteiger partial charge is 0.440 e. The molecule has 1 aliphatic heterocycles. The fourth-order valence-electron chi connectivity index (χ4n) is 3.26. The smallest absolute Gasteiger partial charge is 0.231 e. The number of piperidine rings is 1. The van der Waals surface area contributed by atoms with E-state index in [9.17, 15) is 4.79 Å². The van der Waals surface area contributed by atoms with Crippen molar-refractivity contribution in [3.8, 4) is 0 Å². The van der Waals surface area contributed by atoms with Gasteiger partial charge in [-0.25, -0.2) is 4.98 Å². The number of oxazole rings is 1. The number of fused-ring (bicyclic) bond motifs is 1. The fourth-order valence-corrected chi connectivity index (χ4v) is 3.26. The van der Waals surface area contributed by atoms with Gasteiger partial charge in [-0.15, -0.1) is 0 Å². The number of hydrogen-bond acceptors (Lipinski definition) is 6. The maximum atomic E-state index is 12.6. The molecule has 0 aliphatic carbocycles. The van der Waals surface area contributed by atoms with Gasteiger partial charge in [0, 0.05) is 24.9 Å². The van der Waals surface area contributed by atoms with Gasteiger partial charge >= 0.3 is 0 Å². The van der Waals surface area contributed by atoms with Gasteiger partial charge in [0.05, 0.1) is 0 Å². The number of rotatable bonds is 4. The molecular weight excluding hydrogens is 332 g/mol. The molecule has 0 spiro atoms. The SMILES string of the molecule is CC(C)c1noc(C2CCN(C(=O)Cc3nc4ccccc4o3)CC2)n1. The molecule has 7 nitrogen and oxygen atoms in total. The van der Waals surface area contributed by atoms with Crippen LogP contribution in [0.25, 0.3) is 11.1 Å². The van der Waals surface area contributed by atoms with E-state index >= 15 is 0 Å². The summed E-state index contributed by atoms with van der Waals surface area (Å²) < 4.78 is 11.1. The number of likely N-dealkylation sites (tertiary alicyclic amines) is 1. The van der Waals surface area contributed by atoms with E-state index in [0.717, 1.165) is 24.2 Å². The molecule has 0 radical (unpaired) electrons. The number of para-hydroxylation sites is 2. The molecule has 1 amide bonds. The van der Waals surface area contributed by atoms with Crippen LogP contribution in [0.4, 0.5) is 0 Å². The number of hydrogen-bond donors (Lipinski definition) is 0. The first-order valence-corrected chi connectivity index (χ1v) is 9.06. The molecular formula is C19H22N4O3. The maximum absolute atomic E-state index is 12.6. The number of carbonyl (C=O) groups excluding carboxylic acids is 1. The predicted octanol–water partition coefficient (Wildman–Crippen LogP) is 3.28. The van der Waals surface area contributed by atoms with Gasteiger partial charge in [-0.1, -0.05) is 31.1 Å². The van der Waals surface area contributed by atoms with Crippen LogP contribution in [0.3, 0.4) is 0 Å². The van der Waals surface area contributed by atoms with Crippen molar-refractivity contribution in [2.75, 3.05) is 13.1 Å². The molecule has 26 heavy (non-hydrogen) atoms. The second kappa shape index (κ2) is 6.90. The second-order valence-corrected chi connectivity index (χ2v) is 7.05. The summed E-state index contributed by atoms with van der Waals surface area (Å²) in [6.07, 6.45) is 1.86. The summed E-state index contributed by atoms with van der Waals surface area (Å²) in [6.45, 7) is 5.45. The molecule has 3 heterocycles. The van der Waals surface area contributed by atoms with Crippen LogP contribution in [-0.4, -0.2) is 39.0 Å². The third-order valence-electron chi connectivity index (χ3n) is 4.81. The van der Waals surface area contributed by atoms with E-state index in [4.69, 9.17) is 8.94 Å². The molecule has 0 saturated carbocycles. The van der Waals surface area contributed by atoms with E-state index in [1.54, 1.807) is 0 Å². The Hall–Kier alpha value is -2.70. The third kappa shape index (κ3) is 3.34. The van der Waals surface area contributed by atoms with Crippen LogP contribution in [0.2, 0.25) is 0 Å². The molecule has 0 bridgehead atoms. The molecule has 1 aromatic carbocycles. The average Bonchev–Trinajstić information content (AvgIpc) is 3.28. The Morgan fingerprint density at radius 2 is 2.00 bits per heavy atom. The van der Waals surface area contributed by atoms with Crippen molar-refractivity contribution < 1.29 is 13.7 Å². The first kappa shape index (κ1) is 16.8. The van der Waals surface area contributed by atoms with Gasteiger partial charge in [-0.05, 0) is 25.0 Å². The minimum Gasteiger partial charge on any atom is -0.440 e. The lowest BCUT2D eigenvalue weighted by Crippen LogP contribution is -2.38. The molecule has 1 fully saturated rings. The Morgan fingerprint density at radius 3 is 2.69 bits per heavy atom. The van der Waals surface area contributed by atoms with E-state index in [2.05, 4.69) is 15.1 Å². The highest BCUT2D eigenvalue weighted by Gasteiger charge is 2.28. The summed E-state index contributed by atoms with van der Waals surface area (Å²) in [6, 6.07) is 7.54. The van der Waals surface area contributed by atoms with Gasteiger partial charge in [-0.2, -0.15) is 4.98 Å². The quantitative estimate of drug-likeness (QED) is 0.715. The lowest BCUT2D eigenvalue weighted by Gasteiger charge is -2.30. The Labute approximate surface area is 151 Å². The number of nitrogens with zero attached hydrogens (tertiary/aromatic N) is 4. The molecule has 1 aliphatic rings. The minimum absolute atomic E-state index is 0.0448. The number of aromatic nitrogens is 3. The standard InChI is InChI=1S/C19H22N4O3/c1-12(2)18-21-19(26-22-18)13-7-9-23(10-8-13)17(24)11-16-20-14-5-3-4-6-15(14)25-16/h3-6,12-13H,7-11H2,1-2H3. The molecule has 2 aromatic heterocycles. The van der Waals surface area contributed by atoms with Crippen LogP contribution in [0.5, 0.6) is 0 Å². The van der Waals surface area contributed by atoms with E-state index in [-0.39, 0.29) is 24.2 Å². The highest BCUT2D eigenvalue weighted by atomic mass is 16.5.